The molecular weight excluding hydrogens is 356 g/mol. The molecule has 0 atom stereocenters. The van der Waals surface area contributed by atoms with Crippen molar-refractivity contribution < 1.29 is 24.2 Å². The maximum atomic E-state index is 11.8. The van der Waals surface area contributed by atoms with Crippen LogP contribution < -0.4 is 15.4 Å². The summed E-state index contributed by atoms with van der Waals surface area (Å²) in [5, 5.41) is 15.6. The number of carbonyl (C=O) groups excluding carboxylic acids is 2. The number of nitrogens with one attached hydrogen (secondary N) is 2. The van der Waals surface area contributed by atoms with Crippen LogP contribution in [0.2, 0.25) is 0 Å². The smallest absolute Gasteiger partial charge is 0.303 e. The predicted octanol–water partition coefficient (Wildman–Crippen LogP) is 2.04. The first kappa shape index (κ1) is 19.5. The average Bonchev–Trinajstić information content (AvgIpc) is 3.17. The van der Waals surface area contributed by atoms with Crippen molar-refractivity contribution in [1.29, 1.82) is 0 Å². The van der Waals surface area contributed by atoms with Gasteiger partial charge in [-0.25, -0.2) is 0 Å². The zero-order valence-electron chi connectivity index (χ0n) is 14.1. The summed E-state index contributed by atoms with van der Waals surface area (Å²) < 4.78 is 5.44. The highest BCUT2D eigenvalue weighted by molar-refractivity contribution is 7.12. The van der Waals surface area contributed by atoms with Gasteiger partial charge in [0.15, 0.2) is 0 Å². The zero-order valence-corrected chi connectivity index (χ0v) is 14.9. The largest absolute Gasteiger partial charge is 0.494 e. The van der Waals surface area contributed by atoms with Crippen molar-refractivity contribution in [3.63, 3.8) is 0 Å². The molecule has 26 heavy (non-hydrogen) atoms. The molecule has 8 heteroatoms. The van der Waals surface area contributed by atoms with Gasteiger partial charge < -0.3 is 20.5 Å². The second-order valence-corrected chi connectivity index (χ2v) is 6.37. The molecule has 1 aromatic heterocycles. The number of carbonyl (C=O) groups is 3. The number of hydrogen-bond acceptors (Lipinski definition) is 5. The van der Waals surface area contributed by atoms with Gasteiger partial charge in [-0.3, -0.25) is 14.4 Å². The standard InChI is InChI=1S/C18H20N2O5S/c21-16(12-20-18(24)15-3-2-10-26-15)19-11-13-5-7-14(8-6-13)25-9-1-4-17(22)23/h2-3,5-8,10H,1,4,9,11-12H2,(H,19,21)(H,20,24)(H,22,23). The Morgan fingerprint density at radius 1 is 1.08 bits per heavy atom. The molecule has 0 aliphatic carbocycles. The Hall–Kier alpha value is -2.87. The molecule has 2 aromatic rings. The second kappa shape index (κ2) is 10.2. The highest BCUT2D eigenvalue weighted by Gasteiger charge is 2.08. The topological polar surface area (TPSA) is 105 Å². The third-order valence-electron chi connectivity index (χ3n) is 3.37. The van der Waals surface area contributed by atoms with Crippen molar-refractivity contribution >= 4 is 29.1 Å². The van der Waals surface area contributed by atoms with Crippen molar-refractivity contribution in [3.05, 3.63) is 52.2 Å². The maximum Gasteiger partial charge on any atom is 0.303 e. The monoisotopic (exact) mass is 376 g/mol. The van der Waals surface area contributed by atoms with Gasteiger partial charge in [0.25, 0.3) is 5.91 Å². The van der Waals surface area contributed by atoms with E-state index in [1.165, 1.54) is 11.3 Å². The highest BCUT2D eigenvalue weighted by Crippen LogP contribution is 2.12. The molecule has 0 aliphatic heterocycles. The number of carboxylic acid groups (broad SMARTS) is 1. The van der Waals surface area contributed by atoms with E-state index < -0.39 is 5.97 Å². The molecule has 0 bridgehead atoms. The van der Waals surface area contributed by atoms with Gasteiger partial charge in [-0.15, -0.1) is 11.3 Å². The Kier molecular flexibility index (Phi) is 7.63. The molecule has 0 aliphatic rings. The first-order chi connectivity index (χ1) is 12.5. The van der Waals surface area contributed by atoms with E-state index in [1.807, 2.05) is 12.1 Å². The van der Waals surface area contributed by atoms with Gasteiger partial charge in [-0.05, 0) is 35.6 Å². The molecule has 2 amide bonds. The van der Waals surface area contributed by atoms with E-state index in [9.17, 15) is 14.4 Å². The van der Waals surface area contributed by atoms with Crippen LogP contribution in [0, 0.1) is 0 Å². The number of ether oxygens (including phenoxy) is 1. The van der Waals surface area contributed by atoms with Crippen LogP contribution in [-0.4, -0.2) is 36.0 Å². The van der Waals surface area contributed by atoms with E-state index in [2.05, 4.69) is 10.6 Å². The molecule has 0 radical (unpaired) electrons. The lowest BCUT2D eigenvalue weighted by atomic mass is 10.2. The normalized spacial score (nSPS) is 10.2. The first-order valence-corrected chi connectivity index (χ1v) is 8.94. The molecule has 0 fully saturated rings. The Bertz CT molecular complexity index is 729. The molecule has 1 heterocycles. The van der Waals surface area contributed by atoms with E-state index in [0.717, 1.165) is 5.56 Å². The lowest BCUT2D eigenvalue weighted by Gasteiger charge is -2.08. The number of amides is 2. The van der Waals surface area contributed by atoms with Gasteiger partial charge in [0.1, 0.15) is 5.75 Å². The quantitative estimate of drug-likeness (QED) is 0.551. The summed E-state index contributed by atoms with van der Waals surface area (Å²) >= 11 is 1.32. The predicted molar refractivity (Wildman–Crippen MR) is 97.3 cm³/mol. The lowest BCUT2D eigenvalue weighted by molar-refractivity contribution is -0.137. The minimum atomic E-state index is -0.841. The van der Waals surface area contributed by atoms with Crippen molar-refractivity contribution in [1.82, 2.24) is 10.6 Å². The van der Waals surface area contributed by atoms with Crippen LogP contribution in [0.15, 0.2) is 41.8 Å². The summed E-state index contributed by atoms with van der Waals surface area (Å²) in [5.74, 6) is -0.733. The summed E-state index contributed by atoms with van der Waals surface area (Å²) in [6, 6.07) is 10.6. The Balaban J connectivity index is 1.66. The van der Waals surface area contributed by atoms with Crippen molar-refractivity contribution in [2.75, 3.05) is 13.2 Å². The SMILES string of the molecule is O=C(O)CCCOc1ccc(CNC(=O)CNC(=O)c2cccs2)cc1. The van der Waals surface area contributed by atoms with E-state index in [0.29, 0.717) is 30.2 Å². The lowest BCUT2D eigenvalue weighted by Crippen LogP contribution is -2.36. The maximum absolute atomic E-state index is 11.8. The van der Waals surface area contributed by atoms with Crippen LogP contribution in [-0.2, 0) is 16.1 Å². The Morgan fingerprint density at radius 2 is 1.85 bits per heavy atom. The van der Waals surface area contributed by atoms with E-state index >= 15 is 0 Å². The van der Waals surface area contributed by atoms with E-state index in [-0.39, 0.29) is 24.8 Å². The Labute approximate surface area is 155 Å². The number of thiophene rings is 1. The van der Waals surface area contributed by atoms with Crippen molar-refractivity contribution in [3.8, 4) is 5.75 Å². The second-order valence-electron chi connectivity index (χ2n) is 5.43. The molecule has 0 unspecified atom stereocenters. The number of aliphatic carboxylic acids is 1. The fourth-order valence-corrected chi connectivity index (χ4v) is 2.68. The number of rotatable bonds is 10. The van der Waals surface area contributed by atoms with Gasteiger partial charge >= 0.3 is 5.97 Å². The molecular formula is C18H20N2O5S. The zero-order chi connectivity index (χ0) is 18.8. The van der Waals surface area contributed by atoms with Crippen LogP contribution in [0.1, 0.15) is 28.1 Å². The fourth-order valence-electron chi connectivity index (χ4n) is 2.04. The summed E-state index contributed by atoms with van der Waals surface area (Å²) in [4.78, 5) is 34.5. The molecule has 0 spiro atoms. The molecule has 138 valence electrons. The van der Waals surface area contributed by atoms with Gasteiger partial charge in [-0.1, -0.05) is 18.2 Å². The highest BCUT2D eigenvalue weighted by atomic mass is 32.1. The Morgan fingerprint density at radius 3 is 2.50 bits per heavy atom. The average molecular weight is 376 g/mol. The molecule has 1 aromatic carbocycles. The van der Waals surface area contributed by atoms with Crippen LogP contribution in [0.4, 0.5) is 0 Å². The third kappa shape index (κ3) is 6.94. The van der Waals surface area contributed by atoms with Crippen LogP contribution in [0.5, 0.6) is 5.75 Å². The van der Waals surface area contributed by atoms with Crippen LogP contribution in [0.3, 0.4) is 0 Å². The van der Waals surface area contributed by atoms with Crippen molar-refractivity contribution in [2.24, 2.45) is 0 Å². The number of benzene rings is 1. The van der Waals surface area contributed by atoms with E-state index in [1.54, 1.807) is 29.6 Å². The van der Waals surface area contributed by atoms with Gasteiger partial charge in [-0.2, -0.15) is 0 Å². The summed E-state index contributed by atoms with van der Waals surface area (Å²) in [6.07, 6.45) is 0.525. The molecule has 0 saturated heterocycles. The third-order valence-corrected chi connectivity index (χ3v) is 4.24. The molecule has 0 saturated carbocycles. The van der Waals surface area contributed by atoms with E-state index in [4.69, 9.17) is 9.84 Å². The first-order valence-electron chi connectivity index (χ1n) is 8.06. The van der Waals surface area contributed by atoms with Crippen molar-refractivity contribution in [2.45, 2.75) is 19.4 Å². The number of carboxylic acids is 1. The van der Waals surface area contributed by atoms with Crippen LogP contribution >= 0.6 is 11.3 Å². The van der Waals surface area contributed by atoms with Gasteiger partial charge in [0.2, 0.25) is 5.91 Å². The number of hydrogen-bond donors (Lipinski definition) is 3. The van der Waals surface area contributed by atoms with Gasteiger partial charge in [0.05, 0.1) is 18.0 Å². The molecule has 3 N–H and O–H groups in total. The minimum absolute atomic E-state index is 0.0765. The summed E-state index contributed by atoms with van der Waals surface area (Å²) in [7, 11) is 0. The minimum Gasteiger partial charge on any atom is -0.494 e. The molecule has 7 nitrogen and oxygen atoms in total. The van der Waals surface area contributed by atoms with Crippen LogP contribution in [0.25, 0.3) is 0 Å². The molecule has 2 rings (SSSR count). The fraction of sp³-hybridized carbons (Fsp3) is 0.278. The van der Waals surface area contributed by atoms with Gasteiger partial charge in [0, 0.05) is 13.0 Å². The summed E-state index contributed by atoms with van der Waals surface area (Å²) in [6.45, 7) is 0.598. The summed E-state index contributed by atoms with van der Waals surface area (Å²) in [5.41, 5.74) is 0.890.